The number of rotatable bonds is 8. The molecule has 1 fully saturated rings. The molecule has 1 aromatic carbocycles. The molecule has 1 saturated heterocycles. The van der Waals surface area contributed by atoms with Gasteiger partial charge in [0.2, 0.25) is 11.6 Å². The van der Waals surface area contributed by atoms with Crippen LogP contribution < -0.4 is 9.47 Å². The first-order chi connectivity index (χ1) is 13.9. The summed E-state index contributed by atoms with van der Waals surface area (Å²) in [6.45, 7) is 0.813. The van der Waals surface area contributed by atoms with Gasteiger partial charge in [-0.3, -0.25) is 14.4 Å². The van der Waals surface area contributed by atoms with Gasteiger partial charge in [-0.15, -0.1) is 0 Å². The fourth-order valence-electron chi connectivity index (χ4n) is 3.53. The molecular formula is C21H24N2O6. The van der Waals surface area contributed by atoms with Gasteiger partial charge in [0.15, 0.2) is 5.76 Å². The number of carbonyl (C=O) groups excluding carboxylic acids is 3. The van der Waals surface area contributed by atoms with Gasteiger partial charge in [-0.1, -0.05) is 0 Å². The zero-order valence-electron chi connectivity index (χ0n) is 16.9. The highest BCUT2D eigenvalue weighted by atomic mass is 16.5. The molecule has 2 aromatic rings. The number of likely N-dealkylation sites (N-methyl/N-ethyl adjacent to an activating group) is 1. The molecule has 3 rings (SSSR count). The van der Waals surface area contributed by atoms with Crippen LogP contribution in [0.4, 0.5) is 0 Å². The minimum Gasteiger partial charge on any atom is -0.497 e. The number of hydrogen-bond acceptors (Lipinski definition) is 7. The summed E-state index contributed by atoms with van der Waals surface area (Å²) in [5.41, 5.74) is 0.537. The van der Waals surface area contributed by atoms with Crippen LogP contribution in [0.15, 0.2) is 41.0 Å². The van der Waals surface area contributed by atoms with E-state index in [9.17, 15) is 14.4 Å². The van der Waals surface area contributed by atoms with Crippen LogP contribution in [-0.2, 0) is 9.59 Å². The van der Waals surface area contributed by atoms with Crippen LogP contribution in [0.5, 0.6) is 11.5 Å². The Labute approximate surface area is 169 Å². The summed E-state index contributed by atoms with van der Waals surface area (Å²) in [6, 6.07) is 7.34. The SMILES string of the molecule is COc1ccc(OC)c(C2C(C(=O)c3ccco3)C(=O)C(=O)N2CCN(C)C)c1. The number of benzene rings is 1. The van der Waals surface area contributed by atoms with Crippen LogP contribution in [0.2, 0.25) is 0 Å². The van der Waals surface area contributed by atoms with Crippen molar-refractivity contribution in [1.82, 2.24) is 9.80 Å². The highest BCUT2D eigenvalue weighted by molar-refractivity contribution is 6.43. The predicted molar refractivity (Wildman–Crippen MR) is 104 cm³/mol. The normalized spacial score (nSPS) is 19.1. The quantitative estimate of drug-likeness (QED) is 0.379. The highest BCUT2D eigenvalue weighted by Crippen LogP contribution is 2.43. The lowest BCUT2D eigenvalue weighted by molar-refractivity contribution is -0.140. The summed E-state index contributed by atoms with van der Waals surface area (Å²) >= 11 is 0. The van der Waals surface area contributed by atoms with E-state index in [2.05, 4.69) is 0 Å². The van der Waals surface area contributed by atoms with Crippen molar-refractivity contribution in [2.75, 3.05) is 41.4 Å². The van der Waals surface area contributed by atoms with Crippen LogP contribution in [0.25, 0.3) is 0 Å². The minimum absolute atomic E-state index is 0.0393. The smallest absolute Gasteiger partial charge is 0.291 e. The minimum atomic E-state index is -1.23. The molecule has 0 saturated carbocycles. The number of nitrogens with zero attached hydrogens (tertiary/aromatic N) is 2. The molecule has 0 aliphatic carbocycles. The summed E-state index contributed by atoms with van der Waals surface area (Å²) in [6.07, 6.45) is 1.36. The van der Waals surface area contributed by atoms with Gasteiger partial charge in [0, 0.05) is 18.7 Å². The maximum absolute atomic E-state index is 13.1. The van der Waals surface area contributed by atoms with Crippen LogP contribution in [0.1, 0.15) is 22.2 Å². The summed E-state index contributed by atoms with van der Waals surface area (Å²) < 4.78 is 16.0. The van der Waals surface area contributed by atoms with Gasteiger partial charge in [0.1, 0.15) is 17.4 Å². The zero-order valence-corrected chi connectivity index (χ0v) is 16.9. The van der Waals surface area contributed by atoms with Crippen molar-refractivity contribution in [3.63, 3.8) is 0 Å². The molecule has 0 bridgehead atoms. The molecule has 2 heterocycles. The fourth-order valence-corrected chi connectivity index (χ4v) is 3.53. The lowest BCUT2D eigenvalue weighted by Gasteiger charge is -2.29. The number of furan rings is 1. The molecule has 1 aliphatic heterocycles. The summed E-state index contributed by atoms with van der Waals surface area (Å²) in [4.78, 5) is 42.2. The van der Waals surface area contributed by atoms with E-state index in [0.29, 0.717) is 23.6 Å². The molecule has 1 amide bonds. The number of methoxy groups -OCH3 is 2. The molecule has 2 unspecified atom stereocenters. The molecule has 8 nitrogen and oxygen atoms in total. The van der Waals surface area contributed by atoms with Gasteiger partial charge < -0.3 is 23.7 Å². The number of ether oxygens (including phenoxy) is 2. The maximum atomic E-state index is 13.1. The molecule has 8 heteroatoms. The molecule has 1 aromatic heterocycles. The Bertz CT molecular complexity index is 906. The van der Waals surface area contributed by atoms with Crippen LogP contribution in [-0.4, -0.2) is 68.7 Å². The summed E-state index contributed by atoms with van der Waals surface area (Å²) in [7, 11) is 6.76. The lowest BCUT2D eigenvalue weighted by atomic mass is 9.87. The lowest BCUT2D eigenvalue weighted by Crippen LogP contribution is -2.36. The second kappa shape index (κ2) is 8.48. The first kappa shape index (κ1) is 20.6. The maximum Gasteiger partial charge on any atom is 0.291 e. The predicted octanol–water partition coefficient (Wildman–Crippen LogP) is 1.81. The van der Waals surface area contributed by atoms with Crippen LogP contribution >= 0.6 is 0 Å². The Morgan fingerprint density at radius 1 is 1.17 bits per heavy atom. The van der Waals surface area contributed by atoms with E-state index in [-0.39, 0.29) is 12.3 Å². The van der Waals surface area contributed by atoms with Gasteiger partial charge in [-0.05, 0) is 44.4 Å². The van der Waals surface area contributed by atoms with E-state index < -0.39 is 29.4 Å². The topological polar surface area (TPSA) is 89.3 Å². The number of carbonyl (C=O) groups is 3. The van der Waals surface area contributed by atoms with Crippen LogP contribution in [0.3, 0.4) is 0 Å². The third kappa shape index (κ3) is 3.88. The Kier molecular flexibility index (Phi) is 6.03. The standard InChI is InChI=1S/C21H24N2O6/c1-22(2)9-10-23-18(14-12-13(27-3)7-8-15(14)28-4)17(20(25)21(23)26)19(24)16-6-5-11-29-16/h5-8,11-12,17-18H,9-10H2,1-4H3. The molecular weight excluding hydrogens is 376 g/mol. The Morgan fingerprint density at radius 2 is 1.93 bits per heavy atom. The third-order valence-electron chi connectivity index (χ3n) is 5.00. The van der Waals surface area contributed by atoms with Gasteiger partial charge in [-0.2, -0.15) is 0 Å². The fraction of sp³-hybridized carbons (Fsp3) is 0.381. The third-order valence-corrected chi connectivity index (χ3v) is 5.00. The van der Waals surface area contributed by atoms with Crippen molar-refractivity contribution in [2.24, 2.45) is 5.92 Å². The molecule has 0 radical (unpaired) electrons. The van der Waals surface area contributed by atoms with Crippen molar-refractivity contribution < 1.29 is 28.3 Å². The Hall–Kier alpha value is -3.13. The van der Waals surface area contributed by atoms with Crippen molar-refractivity contribution in [2.45, 2.75) is 6.04 Å². The number of ketones is 2. The molecule has 2 atom stereocenters. The van der Waals surface area contributed by atoms with E-state index in [1.54, 1.807) is 24.3 Å². The number of likely N-dealkylation sites (tertiary alicyclic amines) is 1. The van der Waals surface area contributed by atoms with E-state index in [1.165, 1.54) is 31.4 Å². The van der Waals surface area contributed by atoms with Gasteiger partial charge in [0.05, 0.1) is 26.5 Å². The zero-order chi connectivity index (χ0) is 21.1. The van der Waals surface area contributed by atoms with E-state index in [1.807, 2.05) is 19.0 Å². The monoisotopic (exact) mass is 400 g/mol. The van der Waals surface area contributed by atoms with E-state index >= 15 is 0 Å². The van der Waals surface area contributed by atoms with Gasteiger partial charge in [0.25, 0.3) is 5.91 Å². The highest BCUT2D eigenvalue weighted by Gasteiger charge is 2.53. The van der Waals surface area contributed by atoms with Gasteiger partial charge >= 0.3 is 0 Å². The number of hydrogen-bond donors (Lipinski definition) is 0. The second-order valence-corrected chi connectivity index (χ2v) is 7.04. The largest absolute Gasteiger partial charge is 0.497 e. The molecule has 29 heavy (non-hydrogen) atoms. The van der Waals surface area contributed by atoms with E-state index in [0.717, 1.165) is 0 Å². The van der Waals surface area contributed by atoms with E-state index in [4.69, 9.17) is 13.9 Å². The first-order valence-corrected chi connectivity index (χ1v) is 9.18. The average Bonchev–Trinajstić information content (AvgIpc) is 3.33. The molecule has 0 spiro atoms. The molecule has 1 aliphatic rings. The van der Waals surface area contributed by atoms with Crippen molar-refractivity contribution in [3.05, 3.63) is 47.9 Å². The first-order valence-electron chi connectivity index (χ1n) is 9.18. The molecule has 0 N–H and O–H groups in total. The average molecular weight is 400 g/mol. The van der Waals surface area contributed by atoms with Crippen molar-refractivity contribution in [1.29, 1.82) is 0 Å². The Morgan fingerprint density at radius 3 is 2.52 bits per heavy atom. The Balaban J connectivity index is 2.13. The molecule has 154 valence electrons. The summed E-state index contributed by atoms with van der Waals surface area (Å²) in [5, 5.41) is 0. The second-order valence-electron chi connectivity index (χ2n) is 7.04. The van der Waals surface area contributed by atoms with Crippen molar-refractivity contribution in [3.8, 4) is 11.5 Å². The van der Waals surface area contributed by atoms with Gasteiger partial charge in [-0.25, -0.2) is 0 Å². The number of amides is 1. The number of Topliss-reactive ketones (excluding diaryl/α,β-unsaturated/α-hetero) is 2. The van der Waals surface area contributed by atoms with Crippen molar-refractivity contribution >= 4 is 17.5 Å². The summed E-state index contributed by atoms with van der Waals surface area (Å²) in [5.74, 6) is -2.16. The van der Waals surface area contributed by atoms with Crippen LogP contribution in [0, 0.1) is 5.92 Å².